The zero-order chi connectivity index (χ0) is 29.0. The van der Waals surface area contributed by atoms with E-state index in [-0.39, 0.29) is 17.8 Å². The first kappa shape index (κ1) is 29.2. The van der Waals surface area contributed by atoms with Crippen molar-refractivity contribution in [2.45, 2.75) is 89.9 Å². The highest BCUT2D eigenvalue weighted by Gasteiger charge is 2.61. The third kappa shape index (κ3) is 5.22. The van der Waals surface area contributed by atoms with Gasteiger partial charge in [-0.15, -0.1) is 11.3 Å². The van der Waals surface area contributed by atoms with Gasteiger partial charge >= 0.3 is 5.97 Å². The number of thiazole rings is 1. The summed E-state index contributed by atoms with van der Waals surface area (Å²) in [7, 11) is 0. The lowest BCUT2D eigenvalue weighted by Crippen LogP contribution is -2.53. The maximum absolute atomic E-state index is 13.3. The van der Waals surface area contributed by atoms with Gasteiger partial charge in [-0.2, -0.15) is 0 Å². The first-order valence-electron chi connectivity index (χ1n) is 13.9. The molecular weight excluding hydrogens is 590 g/mol. The number of carboxylic acids is 1. The van der Waals surface area contributed by atoms with Crippen LogP contribution in [0, 0.1) is 11.8 Å². The van der Waals surface area contributed by atoms with Crippen molar-refractivity contribution < 1.29 is 19.4 Å². The van der Waals surface area contributed by atoms with Crippen LogP contribution in [-0.2, 0) is 16.6 Å². The van der Waals surface area contributed by atoms with Gasteiger partial charge in [0.15, 0.2) is 5.89 Å². The van der Waals surface area contributed by atoms with E-state index < -0.39 is 29.7 Å². The lowest BCUT2D eigenvalue weighted by atomic mass is 9.83. The van der Waals surface area contributed by atoms with Gasteiger partial charge in [0.1, 0.15) is 22.5 Å². The van der Waals surface area contributed by atoms with Gasteiger partial charge in [0.05, 0.1) is 17.7 Å². The average Bonchev–Trinajstić information content (AvgIpc) is 3.59. The summed E-state index contributed by atoms with van der Waals surface area (Å²) in [5, 5.41) is 25.7. The van der Waals surface area contributed by atoms with Crippen molar-refractivity contribution in [3.8, 4) is 0 Å². The molecule has 2 unspecified atom stereocenters. The maximum atomic E-state index is 13.3. The fourth-order valence-electron chi connectivity index (χ4n) is 6.37. The number of aliphatic carboxylic acids is 1. The molecule has 1 aromatic carbocycles. The first-order valence-corrected chi connectivity index (χ1v) is 15.6. The molecule has 0 radical (unpaired) electrons. The number of aliphatic hydroxyl groups is 1. The van der Waals surface area contributed by atoms with Crippen molar-refractivity contribution in [1.29, 1.82) is 0 Å². The number of allylic oxidation sites excluding steroid dienone is 1. The molecule has 9 heteroatoms. The van der Waals surface area contributed by atoms with Crippen LogP contribution in [0.2, 0.25) is 0 Å². The molecule has 214 valence electrons. The molecule has 1 aliphatic heterocycles. The number of hydrogen-bond acceptors (Lipinski definition) is 7. The second-order valence-corrected chi connectivity index (χ2v) is 14.5. The molecule has 5 rings (SSSR count). The van der Waals surface area contributed by atoms with E-state index in [2.05, 4.69) is 54.7 Å². The molecule has 0 amide bonds. The van der Waals surface area contributed by atoms with Crippen LogP contribution in [0.1, 0.15) is 106 Å². The largest absolute Gasteiger partial charge is 0.480 e. The van der Waals surface area contributed by atoms with E-state index >= 15 is 0 Å². The van der Waals surface area contributed by atoms with Gasteiger partial charge in [0.25, 0.3) is 0 Å². The first-order chi connectivity index (χ1) is 18.8. The highest BCUT2D eigenvalue weighted by molar-refractivity contribution is 9.10. The third-order valence-corrected chi connectivity index (χ3v) is 9.60. The molecule has 1 saturated heterocycles. The van der Waals surface area contributed by atoms with E-state index in [1.165, 1.54) is 11.3 Å². The molecule has 2 N–H and O–H groups in total. The van der Waals surface area contributed by atoms with Gasteiger partial charge < -0.3 is 14.6 Å². The highest BCUT2D eigenvalue weighted by Crippen LogP contribution is 2.57. The van der Waals surface area contributed by atoms with Crippen molar-refractivity contribution in [2.75, 3.05) is 0 Å². The second-order valence-electron chi connectivity index (χ2n) is 12.7. The molecule has 3 aromatic rings. The quantitative estimate of drug-likeness (QED) is 0.280. The summed E-state index contributed by atoms with van der Waals surface area (Å²) in [5.41, 5.74) is 1.18. The summed E-state index contributed by atoms with van der Waals surface area (Å²) in [6.07, 6.45) is 6.00. The summed E-state index contributed by atoms with van der Waals surface area (Å²) >= 11 is 5.17. The Balaban J connectivity index is 1.67. The maximum Gasteiger partial charge on any atom is 0.324 e. The lowest BCUT2D eigenvalue weighted by Gasteiger charge is -2.41. The van der Waals surface area contributed by atoms with Crippen LogP contribution in [0.4, 0.5) is 0 Å². The number of hydrogen-bond donors (Lipinski definition) is 2. The Kier molecular flexibility index (Phi) is 7.89. The van der Waals surface area contributed by atoms with Crippen molar-refractivity contribution in [1.82, 2.24) is 14.9 Å². The zero-order valence-electron chi connectivity index (χ0n) is 23.9. The Morgan fingerprint density at radius 2 is 2.08 bits per heavy atom. The summed E-state index contributed by atoms with van der Waals surface area (Å²) in [6, 6.07) is 5.29. The van der Waals surface area contributed by atoms with Crippen LogP contribution >= 0.6 is 27.3 Å². The Labute approximate surface area is 248 Å². The van der Waals surface area contributed by atoms with Gasteiger partial charge in [-0.1, -0.05) is 75.7 Å². The predicted molar refractivity (Wildman–Crippen MR) is 160 cm³/mol. The molecule has 3 heterocycles. The van der Waals surface area contributed by atoms with E-state index in [4.69, 9.17) is 9.40 Å². The Hall–Kier alpha value is -2.33. The normalized spacial score (nSPS) is 25.9. The van der Waals surface area contributed by atoms with Gasteiger partial charge in [0.2, 0.25) is 0 Å². The standard InChI is InChI=1S/C31H38BrN3O4S/c1-17(2)15-31(29(37)38)16-20(26-34-23-13-18(3)7-10-24(23)39-26)25(27-33-11-12-40-27)35(31)28(36)19-8-9-21(22(32)14-19)30(4,5)6/h7-12,14,17-18,20,25,28,36H,13,15-16H2,1-6H3,(H,37,38)/t18?,20-,25+,28?,31-/m0/s1. The van der Waals surface area contributed by atoms with Crippen molar-refractivity contribution in [3.63, 3.8) is 0 Å². The number of likely N-dealkylation sites (tertiary alicyclic amines) is 1. The molecule has 0 spiro atoms. The molecule has 1 aliphatic carbocycles. The van der Waals surface area contributed by atoms with Crippen molar-refractivity contribution in [2.24, 2.45) is 11.8 Å². The number of halogens is 1. The lowest BCUT2D eigenvalue weighted by molar-refractivity contribution is -0.163. The van der Waals surface area contributed by atoms with Crippen LogP contribution < -0.4 is 0 Å². The number of aromatic nitrogens is 2. The molecule has 2 aliphatic rings. The molecule has 7 nitrogen and oxygen atoms in total. The number of oxazole rings is 1. The minimum Gasteiger partial charge on any atom is -0.480 e. The molecule has 1 fully saturated rings. The van der Waals surface area contributed by atoms with Gasteiger partial charge in [0, 0.05) is 16.0 Å². The minimum atomic E-state index is -1.36. The molecule has 0 bridgehead atoms. The Morgan fingerprint density at radius 3 is 2.67 bits per heavy atom. The second kappa shape index (κ2) is 10.8. The topological polar surface area (TPSA) is 99.7 Å². The monoisotopic (exact) mass is 627 g/mol. The van der Waals surface area contributed by atoms with E-state index in [9.17, 15) is 15.0 Å². The van der Waals surface area contributed by atoms with Gasteiger partial charge in [-0.3, -0.25) is 4.79 Å². The fraction of sp³-hybridized carbons (Fsp3) is 0.516. The number of fused-ring (bicyclic) bond motifs is 1. The van der Waals surface area contributed by atoms with Gasteiger partial charge in [-0.25, -0.2) is 14.9 Å². The van der Waals surface area contributed by atoms with E-state index in [0.717, 1.165) is 32.9 Å². The number of carboxylic acid groups (broad SMARTS) is 1. The third-order valence-electron chi connectivity index (χ3n) is 8.10. The minimum absolute atomic E-state index is 0.0676. The zero-order valence-corrected chi connectivity index (χ0v) is 26.3. The molecular formula is C31H38BrN3O4S. The smallest absolute Gasteiger partial charge is 0.324 e. The molecule has 5 atom stereocenters. The SMILES string of the molecule is CC(C)C[C@@]1(C(=O)O)C[C@H](c2nc3c(o2)C=CC(C)C3)[C@H](c2nccs2)N1C(O)c1ccc(C(C)(C)C)c(Br)c1. The summed E-state index contributed by atoms with van der Waals surface area (Å²) < 4.78 is 7.20. The Bertz CT molecular complexity index is 1410. The van der Waals surface area contributed by atoms with Crippen molar-refractivity contribution in [3.05, 3.63) is 73.8 Å². The predicted octanol–water partition coefficient (Wildman–Crippen LogP) is 7.49. The van der Waals surface area contributed by atoms with Crippen molar-refractivity contribution >= 4 is 39.3 Å². The fourth-order valence-corrected chi connectivity index (χ4v) is 8.16. The molecule has 40 heavy (non-hydrogen) atoms. The van der Waals surface area contributed by atoms with E-state index in [1.807, 2.05) is 43.5 Å². The van der Waals surface area contributed by atoms with Crippen LogP contribution in [-0.4, -0.2) is 36.6 Å². The van der Waals surface area contributed by atoms with Crippen LogP contribution in [0.5, 0.6) is 0 Å². The molecule has 2 aromatic heterocycles. The van der Waals surface area contributed by atoms with Crippen LogP contribution in [0.25, 0.3) is 6.08 Å². The highest BCUT2D eigenvalue weighted by atomic mass is 79.9. The van der Waals surface area contributed by atoms with E-state index in [1.54, 1.807) is 11.1 Å². The number of aliphatic hydroxyl groups excluding tert-OH is 1. The van der Waals surface area contributed by atoms with E-state index in [0.29, 0.717) is 23.8 Å². The van der Waals surface area contributed by atoms with Gasteiger partial charge in [-0.05, 0) is 59.8 Å². The summed E-state index contributed by atoms with van der Waals surface area (Å²) in [5.74, 6) is 0.309. The summed E-state index contributed by atoms with van der Waals surface area (Å²) in [4.78, 5) is 24.7. The number of carbonyl (C=O) groups is 1. The Morgan fingerprint density at radius 1 is 1.32 bits per heavy atom. The van der Waals surface area contributed by atoms with Crippen LogP contribution in [0.3, 0.4) is 0 Å². The average molecular weight is 629 g/mol. The molecule has 0 saturated carbocycles. The number of benzene rings is 1. The number of nitrogens with zero attached hydrogens (tertiary/aromatic N) is 3. The van der Waals surface area contributed by atoms with Crippen LogP contribution in [0.15, 0.2) is 44.7 Å². The summed E-state index contributed by atoms with van der Waals surface area (Å²) in [6.45, 7) is 12.6. The number of rotatable bonds is 7.